The second kappa shape index (κ2) is 9.08. The number of ether oxygens (including phenoxy) is 2. The van der Waals surface area contributed by atoms with E-state index in [2.05, 4.69) is 41.9 Å². The highest BCUT2D eigenvalue weighted by atomic mass is 35.5. The predicted octanol–water partition coefficient (Wildman–Crippen LogP) is 5.59. The van der Waals surface area contributed by atoms with Crippen LogP contribution in [0.3, 0.4) is 0 Å². The number of nitrogens with one attached hydrogen (secondary N) is 1. The maximum Gasteiger partial charge on any atom is 0.180 e. The number of hydrogen-bond donors (Lipinski definition) is 1. The van der Waals surface area contributed by atoms with E-state index < -0.39 is 0 Å². The van der Waals surface area contributed by atoms with Crippen LogP contribution in [0, 0.1) is 6.92 Å². The molecule has 3 nitrogen and oxygen atoms in total. The highest BCUT2D eigenvalue weighted by Gasteiger charge is 2.13. The van der Waals surface area contributed by atoms with Crippen molar-refractivity contribution < 1.29 is 9.47 Å². The number of rotatable bonds is 8. The van der Waals surface area contributed by atoms with Crippen LogP contribution in [-0.2, 0) is 19.7 Å². The van der Waals surface area contributed by atoms with Crippen molar-refractivity contribution in [2.75, 3.05) is 7.11 Å². The molecule has 1 aromatic heterocycles. The molecule has 5 heteroatoms. The number of halogens is 1. The molecule has 0 aliphatic rings. The summed E-state index contributed by atoms with van der Waals surface area (Å²) in [6, 6.07) is 16.2. The normalized spacial score (nSPS) is 10.7. The lowest BCUT2D eigenvalue weighted by atomic mass is 10.1. The van der Waals surface area contributed by atoms with Crippen LogP contribution in [0.5, 0.6) is 11.5 Å². The first-order valence-electron chi connectivity index (χ1n) is 8.44. The van der Waals surface area contributed by atoms with Gasteiger partial charge in [0.15, 0.2) is 11.5 Å². The second-order valence-electron chi connectivity index (χ2n) is 6.01. The van der Waals surface area contributed by atoms with Gasteiger partial charge in [0.1, 0.15) is 6.61 Å². The van der Waals surface area contributed by atoms with Crippen LogP contribution >= 0.6 is 22.9 Å². The summed E-state index contributed by atoms with van der Waals surface area (Å²) in [5.41, 5.74) is 3.39. The van der Waals surface area contributed by atoms with Gasteiger partial charge >= 0.3 is 0 Å². The lowest BCUT2D eigenvalue weighted by Gasteiger charge is -2.15. The van der Waals surface area contributed by atoms with Gasteiger partial charge in [-0.25, -0.2) is 0 Å². The van der Waals surface area contributed by atoms with E-state index in [4.69, 9.17) is 21.1 Å². The third-order valence-electron chi connectivity index (χ3n) is 4.13. The van der Waals surface area contributed by atoms with Gasteiger partial charge in [0.05, 0.1) is 12.1 Å². The number of benzene rings is 2. The van der Waals surface area contributed by atoms with Crippen molar-refractivity contribution >= 4 is 22.9 Å². The second-order valence-corrected chi connectivity index (χ2v) is 7.45. The Kier molecular flexibility index (Phi) is 6.56. The van der Waals surface area contributed by atoms with E-state index >= 15 is 0 Å². The molecule has 0 amide bonds. The van der Waals surface area contributed by atoms with Crippen molar-refractivity contribution in [2.45, 2.75) is 26.6 Å². The molecule has 0 saturated carbocycles. The van der Waals surface area contributed by atoms with Gasteiger partial charge < -0.3 is 14.8 Å². The maximum atomic E-state index is 6.47. The largest absolute Gasteiger partial charge is 0.493 e. The van der Waals surface area contributed by atoms with Crippen molar-refractivity contribution in [1.82, 2.24) is 5.32 Å². The summed E-state index contributed by atoms with van der Waals surface area (Å²) in [6.07, 6.45) is 0. The zero-order chi connectivity index (χ0) is 18.4. The number of methoxy groups -OCH3 is 1. The van der Waals surface area contributed by atoms with Crippen LogP contribution in [-0.4, -0.2) is 7.11 Å². The maximum absolute atomic E-state index is 6.47. The quantitative estimate of drug-likeness (QED) is 0.546. The Balaban J connectivity index is 1.67. The molecule has 3 rings (SSSR count). The average Bonchev–Trinajstić information content (AvgIpc) is 3.15. The molecule has 0 saturated heterocycles. The third-order valence-corrected chi connectivity index (χ3v) is 5.29. The first kappa shape index (κ1) is 18.8. The lowest BCUT2D eigenvalue weighted by molar-refractivity contribution is 0.284. The first-order chi connectivity index (χ1) is 12.7. The molecule has 0 aliphatic heterocycles. The summed E-state index contributed by atoms with van der Waals surface area (Å²) < 4.78 is 11.5. The minimum atomic E-state index is 0.457. The van der Waals surface area contributed by atoms with Crippen LogP contribution in [0.15, 0.2) is 53.9 Å². The zero-order valence-corrected chi connectivity index (χ0v) is 16.5. The summed E-state index contributed by atoms with van der Waals surface area (Å²) in [5, 5.41) is 6.06. The Bertz CT molecular complexity index is 849. The van der Waals surface area contributed by atoms with E-state index in [9.17, 15) is 0 Å². The molecule has 0 unspecified atom stereocenters. The summed E-state index contributed by atoms with van der Waals surface area (Å²) in [5.74, 6) is 1.23. The molecule has 1 N–H and O–H groups in total. The van der Waals surface area contributed by atoms with E-state index in [0.29, 0.717) is 29.7 Å². The highest BCUT2D eigenvalue weighted by Crippen LogP contribution is 2.37. The van der Waals surface area contributed by atoms with Gasteiger partial charge in [-0.3, -0.25) is 0 Å². The van der Waals surface area contributed by atoms with E-state index in [-0.39, 0.29) is 0 Å². The van der Waals surface area contributed by atoms with Gasteiger partial charge in [-0.1, -0.05) is 41.9 Å². The van der Waals surface area contributed by atoms with E-state index in [1.54, 1.807) is 18.4 Å². The minimum absolute atomic E-state index is 0.457. The Morgan fingerprint density at radius 1 is 1.08 bits per heavy atom. The molecule has 26 heavy (non-hydrogen) atoms. The molecular formula is C21H22ClNO2S. The Morgan fingerprint density at radius 3 is 2.65 bits per heavy atom. The lowest BCUT2D eigenvalue weighted by Crippen LogP contribution is -2.12. The van der Waals surface area contributed by atoms with Crippen molar-refractivity contribution in [1.29, 1.82) is 0 Å². The van der Waals surface area contributed by atoms with Crippen molar-refractivity contribution in [2.24, 2.45) is 0 Å². The van der Waals surface area contributed by atoms with Crippen molar-refractivity contribution in [3.05, 3.63) is 80.5 Å². The van der Waals surface area contributed by atoms with Gasteiger partial charge in [-0.05, 0) is 47.2 Å². The van der Waals surface area contributed by atoms with Crippen LogP contribution in [0.2, 0.25) is 5.02 Å². The summed E-state index contributed by atoms with van der Waals surface area (Å²) in [7, 11) is 1.63. The molecule has 1 heterocycles. The molecule has 3 aromatic rings. The number of thiophene rings is 1. The standard InChI is InChI=1S/C21H22ClNO2S/c1-15-6-3-4-7-17(15)14-25-21-19(22)10-16(11-20(21)24-2)12-23-13-18-8-5-9-26-18/h3-11,23H,12-14H2,1-2H3. The fourth-order valence-electron chi connectivity index (χ4n) is 2.68. The van der Waals surface area contributed by atoms with E-state index in [0.717, 1.165) is 17.7 Å². The molecular weight excluding hydrogens is 366 g/mol. The SMILES string of the molecule is COc1cc(CNCc2cccs2)cc(Cl)c1OCc1ccccc1C. The predicted molar refractivity (Wildman–Crippen MR) is 108 cm³/mol. The third kappa shape index (κ3) is 4.79. The van der Waals surface area contributed by atoms with Gasteiger partial charge in [-0.15, -0.1) is 11.3 Å². The first-order valence-corrected chi connectivity index (χ1v) is 9.70. The van der Waals surface area contributed by atoms with Crippen LogP contribution in [0.25, 0.3) is 0 Å². The van der Waals surface area contributed by atoms with Gasteiger partial charge in [0.25, 0.3) is 0 Å². The molecule has 0 spiro atoms. The van der Waals surface area contributed by atoms with E-state index in [1.165, 1.54) is 10.4 Å². The minimum Gasteiger partial charge on any atom is -0.493 e. The van der Waals surface area contributed by atoms with Crippen LogP contribution < -0.4 is 14.8 Å². The van der Waals surface area contributed by atoms with Gasteiger partial charge in [-0.2, -0.15) is 0 Å². The van der Waals surface area contributed by atoms with Gasteiger partial charge in [0.2, 0.25) is 0 Å². The van der Waals surface area contributed by atoms with Crippen molar-refractivity contribution in [3.8, 4) is 11.5 Å². The average molecular weight is 388 g/mol. The molecule has 2 aromatic carbocycles. The fourth-order valence-corrected chi connectivity index (χ4v) is 3.64. The molecule has 136 valence electrons. The van der Waals surface area contributed by atoms with Crippen LogP contribution in [0.1, 0.15) is 21.6 Å². The molecule has 0 fully saturated rings. The smallest absolute Gasteiger partial charge is 0.180 e. The number of aryl methyl sites for hydroxylation is 1. The molecule has 0 radical (unpaired) electrons. The monoisotopic (exact) mass is 387 g/mol. The Hall–Kier alpha value is -2.01. The molecule has 0 atom stereocenters. The topological polar surface area (TPSA) is 30.5 Å². The summed E-state index contributed by atoms with van der Waals surface area (Å²) in [6.45, 7) is 4.08. The summed E-state index contributed by atoms with van der Waals surface area (Å²) >= 11 is 8.21. The Morgan fingerprint density at radius 2 is 1.92 bits per heavy atom. The summed E-state index contributed by atoms with van der Waals surface area (Å²) in [4.78, 5) is 1.31. The fraction of sp³-hybridized carbons (Fsp3) is 0.238. The molecule has 0 aliphatic carbocycles. The van der Waals surface area contributed by atoms with Crippen molar-refractivity contribution in [3.63, 3.8) is 0 Å². The van der Waals surface area contributed by atoms with Gasteiger partial charge in [0, 0.05) is 18.0 Å². The Labute approximate surface area is 163 Å². The van der Waals surface area contributed by atoms with E-state index in [1.807, 2.05) is 24.3 Å². The van der Waals surface area contributed by atoms with Crippen LogP contribution in [0.4, 0.5) is 0 Å². The molecule has 0 bridgehead atoms. The zero-order valence-electron chi connectivity index (χ0n) is 14.9. The highest BCUT2D eigenvalue weighted by molar-refractivity contribution is 7.09. The number of hydrogen-bond acceptors (Lipinski definition) is 4.